The van der Waals surface area contributed by atoms with E-state index in [1.165, 1.54) is 21.5 Å². The lowest BCUT2D eigenvalue weighted by Crippen LogP contribution is -2.41. The molecule has 0 aliphatic heterocycles. The van der Waals surface area contributed by atoms with Crippen molar-refractivity contribution >= 4 is 18.5 Å². The van der Waals surface area contributed by atoms with Crippen LogP contribution in [0.3, 0.4) is 0 Å². The summed E-state index contributed by atoms with van der Waals surface area (Å²) in [5, 5.41) is 8.19. The lowest BCUT2D eigenvalue weighted by molar-refractivity contribution is 0.374. The maximum atomic E-state index is 6.90. The predicted octanol–water partition coefficient (Wildman–Crippen LogP) is 6.61. The van der Waals surface area contributed by atoms with Crippen LogP contribution in [-0.4, -0.2) is 6.04 Å². The first-order valence-electron chi connectivity index (χ1n) is 12.6. The first kappa shape index (κ1) is 24.4. The molecule has 0 bridgehead atoms. The third kappa shape index (κ3) is 5.42. The minimum absolute atomic E-state index is 0.00136. The van der Waals surface area contributed by atoms with Gasteiger partial charge in [0.1, 0.15) is 0 Å². The van der Waals surface area contributed by atoms with E-state index in [9.17, 15) is 0 Å². The normalized spacial score (nSPS) is 17.5. The Labute approximate surface area is 216 Å². The van der Waals surface area contributed by atoms with Crippen molar-refractivity contribution in [3.05, 3.63) is 156 Å². The Kier molecular flexibility index (Phi) is 7.88. The van der Waals surface area contributed by atoms with Crippen molar-refractivity contribution in [3.63, 3.8) is 0 Å². The second-order valence-electron chi connectivity index (χ2n) is 9.29. The maximum absolute atomic E-state index is 6.90. The summed E-state index contributed by atoms with van der Waals surface area (Å²) in [7, 11) is -0.635. The number of allylic oxidation sites excluding steroid dienone is 2. The predicted molar refractivity (Wildman–Crippen MR) is 155 cm³/mol. The lowest BCUT2D eigenvalue weighted by Gasteiger charge is -2.34. The molecule has 0 amide bonds. The van der Waals surface area contributed by atoms with E-state index in [1.54, 1.807) is 0 Å². The molecule has 4 aromatic rings. The van der Waals surface area contributed by atoms with Crippen molar-refractivity contribution in [3.8, 4) is 0 Å². The summed E-state index contributed by atoms with van der Waals surface area (Å²) in [6.07, 6.45) is 6.92. The molecule has 1 aliphatic rings. The van der Waals surface area contributed by atoms with Gasteiger partial charge < -0.3 is 11.1 Å². The van der Waals surface area contributed by atoms with Gasteiger partial charge in [-0.05, 0) is 41.9 Å². The second kappa shape index (κ2) is 11.6. The number of hydrogen-bond acceptors (Lipinski definition) is 2. The minimum Gasteiger partial charge on any atom is -0.322 e. The van der Waals surface area contributed by atoms with Crippen LogP contribution in [0, 0.1) is 5.92 Å². The average Bonchev–Trinajstić information content (AvgIpc) is 3.43. The Morgan fingerprint density at radius 1 is 0.667 bits per heavy atom. The van der Waals surface area contributed by atoms with E-state index in [0.717, 1.165) is 5.56 Å². The quantitative estimate of drug-likeness (QED) is 0.260. The molecule has 0 radical (unpaired) electrons. The molecule has 0 unspecified atom stereocenters. The largest absolute Gasteiger partial charge is 0.322 e. The van der Waals surface area contributed by atoms with Crippen molar-refractivity contribution in [1.82, 2.24) is 5.32 Å². The second-order valence-corrected chi connectivity index (χ2v) is 11.5. The van der Waals surface area contributed by atoms with Crippen molar-refractivity contribution in [1.29, 1.82) is 0 Å². The minimum atomic E-state index is -0.635. The Morgan fingerprint density at radius 3 is 1.67 bits per heavy atom. The summed E-state index contributed by atoms with van der Waals surface area (Å²) < 4.78 is 0. The summed E-state index contributed by atoms with van der Waals surface area (Å²) in [6, 6.07) is 42.9. The standard InChI is InChI=1S/C33H33N2P/c1-25(35-33(27-17-8-3-9-18-27)32(34)26-15-6-2-7-16-26)30-23-14-24-31(30)36(28-19-10-4-11-20-28)29-21-12-5-13-22-29/h2-25,30,32-33,35H,34H2,1H3/t25-,30+,32+,33+/m1/s1. The van der Waals surface area contributed by atoms with Gasteiger partial charge in [-0.15, -0.1) is 0 Å². The zero-order valence-corrected chi connectivity index (χ0v) is 21.5. The van der Waals surface area contributed by atoms with Crippen LogP contribution in [-0.2, 0) is 0 Å². The maximum Gasteiger partial charge on any atom is 0.0518 e. The van der Waals surface area contributed by atoms with Crippen LogP contribution in [0.2, 0.25) is 0 Å². The molecule has 4 atom stereocenters. The SMILES string of the molecule is C[C@@H](N[C@@H](c1ccccc1)[C@@H](N)c1ccccc1)[C@@H]1C=CC=C1P(c1ccccc1)c1ccccc1. The molecule has 0 saturated heterocycles. The van der Waals surface area contributed by atoms with Gasteiger partial charge >= 0.3 is 0 Å². The molecule has 0 aromatic heterocycles. The Bertz CT molecular complexity index is 1250. The number of hydrogen-bond donors (Lipinski definition) is 2. The van der Waals surface area contributed by atoms with Crippen molar-refractivity contribution in [2.24, 2.45) is 11.7 Å². The van der Waals surface area contributed by atoms with E-state index >= 15 is 0 Å². The zero-order valence-electron chi connectivity index (χ0n) is 20.6. The zero-order chi connectivity index (χ0) is 24.7. The molecule has 180 valence electrons. The van der Waals surface area contributed by atoms with Gasteiger partial charge in [-0.2, -0.15) is 0 Å². The lowest BCUT2D eigenvalue weighted by atomic mass is 9.92. The van der Waals surface area contributed by atoms with E-state index < -0.39 is 7.92 Å². The van der Waals surface area contributed by atoms with Crippen LogP contribution in [0.1, 0.15) is 30.1 Å². The van der Waals surface area contributed by atoms with E-state index in [4.69, 9.17) is 5.73 Å². The highest BCUT2D eigenvalue weighted by atomic mass is 31.1. The number of benzene rings is 4. The first-order valence-corrected chi connectivity index (χ1v) is 14.0. The highest BCUT2D eigenvalue weighted by Gasteiger charge is 2.32. The van der Waals surface area contributed by atoms with Gasteiger partial charge in [0.05, 0.1) is 6.04 Å². The molecule has 5 rings (SSSR count). The highest BCUT2D eigenvalue weighted by Crippen LogP contribution is 2.50. The van der Waals surface area contributed by atoms with Crippen LogP contribution in [0.25, 0.3) is 0 Å². The summed E-state index contributed by atoms with van der Waals surface area (Å²) in [5.74, 6) is 0.283. The topological polar surface area (TPSA) is 38.0 Å². The van der Waals surface area contributed by atoms with E-state index in [2.05, 4.69) is 146 Å². The Hall–Kier alpha value is -3.29. The number of nitrogens with one attached hydrogen (secondary N) is 1. The summed E-state index contributed by atoms with van der Waals surface area (Å²) in [5.41, 5.74) is 9.25. The number of rotatable bonds is 9. The van der Waals surface area contributed by atoms with Crippen molar-refractivity contribution < 1.29 is 0 Å². The van der Waals surface area contributed by atoms with Crippen molar-refractivity contribution in [2.45, 2.75) is 25.0 Å². The average molecular weight is 489 g/mol. The van der Waals surface area contributed by atoms with Gasteiger partial charge in [-0.25, -0.2) is 0 Å². The Balaban J connectivity index is 1.45. The van der Waals surface area contributed by atoms with E-state index in [1.807, 2.05) is 6.07 Å². The molecule has 0 saturated carbocycles. The Morgan fingerprint density at radius 2 is 1.14 bits per heavy atom. The summed E-state index contributed by atoms with van der Waals surface area (Å²) in [4.78, 5) is 0. The van der Waals surface area contributed by atoms with Crippen molar-refractivity contribution in [2.75, 3.05) is 0 Å². The molecule has 3 N–H and O–H groups in total. The van der Waals surface area contributed by atoms with Gasteiger partial charge in [0.2, 0.25) is 0 Å². The van der Waals surface area contributed by atoms with Crippen LogP contribution >= 0.6 is 7.92 Å². The molecular formula is C33H33N2P. The van der Waals surface area contributed by atoms with E-state index in [0.29, 0.717) is 0 Å². The molecular weight excluding hydrogens is 455 g/mol. The molecule has 36 heavy (non-hydrogen) atoms. The smallest absolute Gasteiger partial charge is 0.0518 e. The fourth-order valence-corrected chi connectivity index (χ4v) is 7.73. The third-order valence-corrected chi connectivity index (χ3v) is 9.49. The van der Waals surface area contributed by atoms with Gasteiger partial charge in [0.15, 0.2) is 0 Å². The first-order chi connectivity index (χ1) is 17.7. The molecule has 1 aliphatic carbocycles. The van der Waals surface area contributed by atoms with Crippen LogP contribution in [0.5, 0.6) is 0 Å². The third-order valence-electron chi connectivity index (χ3n) is 6.90. The number of nitrogens with two attached hydrogens (primary N) is 1. The fourth-order valence-electron chi connectivity index (χ4n) is 5.05. The highest BCUT2D eigenvalue weighted by molar-refractivity contribution is 7.76. The van der Waals surface area contributed by atoms with E-state index in [-0.39, 0.29) is 24.0 Å². The summed E-state index contributed by atoms with van der Waals surface area (Å²) in [6.45, 7) is 2.30. The summed E-state index contributed by atoms with van der Waals surface area (Å²) >= 11 is 0. The fraction of sp³-hybridized carbons (Fsp3) is 0.152. The van der Waals surface area contributed by atoms with Gasteiger partial charge in [0, 0.05) is 18.0 Å². The monoisotopic (exact) mass is 488 g/mol. The van der Waals surface area contributed by atoms with Gasteiger partial charge in [0.25, 0.3) is 0 Å². The van der Waals surface area contributed by atoms with Crippen LogP contribution < -0.4 is 21.7 Å². The molecule has 2 nitrogen and oxygen atoms in total. The molecule has 3 heteroatoms. The van der Waals surface area contributed by atoms with Crippen LogP contribution in [0.4, 0.5) is 0 Å². The van der Waals surface area contributed by atoms with Gasteiger partial charge in [-0.3, -0.25) is 0 Å². The van der Waals surface area contributed by atoms with Crippen LogP contribution in [0.15, 0.2) is 145 Å². The molecule has 4 aromatic carbocycles. The molecule has 0 heterocycles. The molecule has 0 spiro atoms. The van der Waals surface area contributed by atoms with Gasteiger partial charge in [-0.1, -0.05) is 140 Å². The molecule has 0 fully saturated rings.